The molecule has 10 heteroatoms. The van der Waals surface area contributed by atoms with Gasteiger partial charge in [-0.3, -0.25) is 18.6 Å². The lowest BCUT2D eigenvalue weighted by atomic mass is 10.0. The van der Waals surface area contributed by atoms with Gasteiger partial charge in [0.15, 0.2) is 6.10 Å². The van der Waals surface area contributed by atoms with Crippen molar-refractivity contribution < 1.29 is 42.1 Å². The van der Waals surface area contributed by atoms with E-state index < -0.39 is 26.5 Å². The molecule has 1 N–H and O–H groups in total. The molecule has 0 aliphatic carbocycles. The normalized spacial score (nSPS) is 13.4. The van der Waals surface area contributed by atoms with E-state index in [0.29, 0.717) is 23.9 Å². The minimum absolute atomic E-state index is 0.0343. The van der Waals surface area contributed by atoms with Crippen molar-refractivity contribution in [2.75, 3.05) is 47.5 Å². The van der Waals surface area contributed by atoms with Gasteiger partial charge in [-0.2, -0.15) is 0 Å². The molecule has 75 heavy (non-hydrogen) atoms. The third-order valence-electron chi connectivity index (χ3n) is 14.4. The number of hydrogen-bond donors (Lipinski definition) is 1. The third-order valence-corrected chi connectivity index (χ3v) is 15.4. The summed E-state index contributed by atoms with van der Waals surface area (Å²) in [6.07, 6.45) is 70.8. The maximum Gasteiger partial charge on any atom is 0.472 e. The molecule has 0 bridgehead atoms. The van der Waals surface area contributed by atoms with Gasteiger partial charge in [-0.25, -0.2) is 4.57 Å². The zero-order chi connectivity index (χ0) is 54.9. The summed E-state index contributed by atoms with van der Waals surface area (Å²) >= 11 is 0. The van der Waals surface area contributed by atoms with Gasteiger partial charge in [0, 0.05) is 12.8 Å². The van der Waals surface area contributed by atoms with Crippen molar-refractivity contribution in [2.45, 2.75) is 322 Å². The molecule has 0 fully saturated rings. The highest BCUT2D eigenvalue weighted by Gasteiger charge is 2.27. The second kappa shape index (κ2) is 56.9. The van der Waals surface area contributed by atoms with Crippen molar-refractivity contribution in [1.82, 2.24) is 0 Å². The summed E-state index contributed by atoms with van der Waals surface area (Å²) < 4.78 is 34.7. The van der Waals surface area contributed by atoms with Crippen LogP contribution in [0.25, 0.3) is 0 Å². The fourth-order valence-electron chi connectivity index (χ4n) is 9.44. The van der Waals surface area contributed by atoms with Crippen LogP contribution in [0.1, 0.15) is 316 Å². The average Bonchev–Trinajstić information content (AvgIpc) is 3.37. The van der Waals surface area contributed by atoms with Gasteiger partial charge in [0.05, 0.1) is 27.7 Å². The second-order valence-corrected chi connectivity index (χ2v) is 24.6. The molecule has 442 valence electrons. The molecule has 0 aliphatic rings. The number of phosphoric ester groups is 1. The lowest BCUT2D eigenvalue weighted by Gasteiger charge is -2.24. The molecule has 0 aromatic heterocycles. The number of quaternary nitrogens is 1. The van der Waals surface area contributed by atoms with E-state index in [1.54, 1.807) is 0 Å². The van der Waals surface area contributed by atoms with Gasteiger partial charge >= 0.3 is 19.8 Å². The molecular weight excluding hydrogens is 954 g/mol. The highest BCUT2D eigenvalue weighted by Crippen LogP contribution is 2.43. The Labute approximate surface area is 465 Å². The van der Waals surface area contributed by atoms with Crippen LogP contribution in [0, 0.1) is 0 Å². The van der Waals surface area contributed by atoms with Crippen molar-refractivity contribution in [3.63, 3.8) is 0 Å². The zero-order valence-electron chi connectivity index (χ0n) is 50.3. The molecular formula is C65H125NO8P+. The molecule has 0 rings (SSSR count). The van der Waals surface area contributed by atoms with Crippen LogP contribution in [0.5, 0.6) is 0 Å². The summed E-state index contributed by atoms with van der Waals surface area (Å²) in [7, 11) is 1.49. The molecule has 0 saturated carbocycles. The van der Waals surface area contributed by atoms with E-state index in [4.69, 9.17) is 18.5 Å². The van der Waals surface area contributed by atoms with Crippen molar-refractivity contribution in [3.05, 3.63) is 36.5 Å². The van der Waals surface area contributed by atoms with Gasteiger partial charge < -0.3 is 18.9 Å². The Hall–Kier alpha value is -1.77. The largest absolute Gasteiger partial charge is 0.472 e. The van der Waals surface area contributed by atoms with Gasteiger partial charge in [0.2, 0.25) is 0 Å². The Kier molecular flexibility index (Phi) is 55.6. The first-order chi connectivity index (χ1) is 36.5. The van der Waals surface area contributed by atoms with E-state index in [-0.39, 0.29) is 25.6 Å². The standard InChI is InChI=1S/C65H124NO8P/c1-6-8-10-12-14-16-18-20-22-24-26-28-29-30-31-32-33-34-35-36-37-38-40-42-44-46-48-50-52-54-56-58-65(68)74-63(62-73-75(69,70)72-60-59-66(3,4)5)61-71-64(67)57-55-53-51-49-47-45-43-41-39-27-25-23-21-19-17-15-13-11-9-7-2/h18,20,24,26,29-30,63H,6-17,19,21-23,25,27-28,31-62H2,1-5H3/p+1/b20-18-,26-24-,30-29-. The van der Waals surface area contributed by atoms with Crippen molar-refractivity contribution in [2.24, 2.45) is 0 Å². The number of allylic oxidation sites excluding steroid dienone is 6. The quantitative estimate of drug-likeness (QED) is 0.0211. The van der Waals surface area contributed by atoms with Gasteiger partial charge in [0.1, 0.15) is 19.8 Å². The number of unbranched alkanes of at least 4 members (excludes halogenated alkanes) is 40. The molecule has 9 nitrogen and oxygen atoms in total. The topological polar surface area (TPSA) is 108 Å². The predicted octanol–water partition coefficient (Wildman–Crippen LogP) is 20.3. The first kappa shape index (κ1) is 73.2. The summed E-state index contributed by atoms with van der Waals surface area (Å²) in [4.78, 5) is 35.8. The summed E-state index contributed by atoms with van der Waals surface area (Å²) in [6.45, 7) is 4.48. The van der Waals surface area contributed by atoms with E-state index in [1.807, 2.05) is 21.1 Å². The molecule has 0 heterocycles. The first-order valence-electron chi connectivity index (χ1n) is 32.2. The molecule has 0 aromatic carbocycles. The maximum absolute atomic E-state index is 12.8. The molecule has 0 amide bonds. The van der Waals surface area contributed by atoms with Gasteiger partial charge in [-0.1, -0.05) is 288 Å². The third kappa shape index (κ3) is 61.3. The Morgan fingerprint density at radius 2 is 0.720 bits per heavy atom. The maximum atomic E-state index is 12.8. The molecule has 2 unspecified atom stereocenters. The molecule has 0 aliphatic heterocycles. The van der Waals surface area contributed by atoms with Crippen molar-refractivity contribution in [3.8, 4) is 0 Å². The van der Waals surface area contributed by atoms with Crippen LogP contribution in [-0.4, -0.2) is 74.9 Å². The summed E-state index contributed by atoms with van der Waals surface area (Å²) in [5.74, 6) is -0.779. The summed E-state index contributed by atoms with van der Waals surface area (Å²) in [6, 6.07) is 0. The first-order valence-corrected chi connectivity index (χ1v) is 33.7. The van der Waals surface area contributed by atoms with E-state index in [1.165, 1.54) is 238 Å². The number of hydrogen-bond acceptors (Lipinski definition) is 7. The molecule has 0 aromatic rings. The number of phosphoric acid groups is 1. The zero-order valence-corrected chi connectivity index (χ0v) is 51.2. The fourth-order valence-corrected chi connectivity index (χ4v) is 10.2. The number of carbonyl (C=O) groups excluding carboxylic acids is 2. The fraction of sp³-hybridized carbons (Fsp3) is 0.877. The molecule has 0 saturated heterocycles. The average molecular weight is 1080 g/mol. The number of ether oxygens (including phenoxy) is 2. The van der Waals surface area contributed by atoms with Crippen LogP contribution in [0.2, 0.25) is 0 Å². The number of nitrogens with zero attached hydrogens (tertiary/aromatic N) is 1. The van der Waals surface area contributed by atoms with Gasteiger partial charge in [-0.05, 0) is 51.4 Å². The Bertz CT molecular complexity index is 1360. The van der Waals surface area contributed by atoms with E-state index >= 15 is 0 Å². The molecule has 0 spiro atoms. The lowest BCUT2D eigenvalue weighted by Crippen LogP contribution is -2.37. The second-order valence-electron chi connectivity index (χ2n) is 23.2. The highest BCUT2D eigenvalue weighted by molar-refractivity contribution is 7.47. The van der Waals surface area contributed by atoms with Crippen LogP contribution in [-0.2, 0) is 32.7 Å². The number of rotatable bonds is 60. The lowest BCUT2D eigenvalue weighted by molar-refractivity contribution is -0.870. The van der Waals surface area contributed by atoms with Crippen LogP contribution < -0.4 is 0 Å². The smallest absolute Gasteiger partial charge is 0.462 e. The number of likely N-dealkylation sites (N-methyl/N-ethyl adjacent to an activating group) is 1. The SMILES string of the molecule is CCCCCCC/C=C\C/C=C\C/C=C\CCCCCCCCCCCCCCCCCCC(=O)OC(COC(=O)CCCCCCCCCCCCCCCCCCCCCC)COP(=O)(O)OCC[N+](C)(C)C. The predicted molar refractivity (Wildman–Crippen MR) is 321 cm³/mol. The van der Waals surface area contributed by atoms with Gasteiger partial charge in [0.25, 0.3) is 0 Å². The van der Waals surface area contributed by atoms with Crippen LogP contribution >= 0.6 is 7.82 Å². The molecule has 0 radical (unpaired) electrons. The Morgan fingerprint density at radius 1 is 0.413 bits per heavy atom. The van der Waals surface area contributed by atoms with E-state index in [9.17, 15) is 19.0 Å². The summed E-state index contributed by atoms with van der Waals surface area (Å²) in [5, 5.41) is 0. The minimum atomic E-state index is -4.38. The summed E-state index contributed by atoms with van der Waals surface area (Å²) in [5.41, 5.74) is 0. The Morgan fingerprint density at radius 3 is 1.07 bits per heavy atom. The van der Waals surface area contributed by atoms with E-state index in [0.717, 1.165) is 44.9 Å². The number of carbonyl (C=O) groups is 2. The van der Waals surface area contributed by atoms with Crippen molar-refractivity contribution in [1.29, 1.82) is 0 Å². The number of esters is 2. The Balaban J connectivity index is 4.04. The van der Waals surface area contributed by atoms with Crippen LogP contribution in [0.4, 0.5) is 0 Å². The van der Waals surface area contributed by atoms with Gasteiger partial charge in [-0.15, -0.1) is 0 Å². The van der Waals surface area contributed by atoms with Crippen molar-refractivity contribution >= 4 is 19.8 Å². The van der Waals surface area contributed by atoms with Crippen LogP contribution in [0.3, 0.4) is 0 Å². The molecule has 2 atom stereocenters. The van der Waals surface area contributed by atoms with Crippen LogP contribution in [0.15, 0.2) is 36.5 Å². The monoisotopic (exact) mass is 1080 g/mol. The van der Waals surface area contributed by atoms with E-state index in [2.05, 4.69) is 50.3 Å². The highest BCUT2D eigenvalue weighted by atomic mass is 31.2. The minimum Gasteiger partial charge on any atom is -0.462 e.